The zero-order valence-corrected chi connectivity index (χ0v) is 18.3. The molecule has 3 aromatic rings. The van der Waals surface area contributed by atoms with E-state index in [1.165, 1.54) is 7.11 Å². The molecule has 0 fully saturated rings. The van der Waals surface area contributed by atoms with Crippen LogP contribution >= 0.6 is 11.6 Å². The van der Waals surface area contributed by atoms with E-state index in [0.717, 1.165) is 22.3 Å². The molecule has 6 nitrogen and oxygen atoms in total. The predicted octanol–water partition coefficient (Wildman–Crippen LogP) is 4.28. The minimum Gasteiger partial charge on any atom is -0.495 e. The first-order valence-corrected chi connectivity index (χ1v) is 10.7. The maximum atomic E-state index is 12.3. The number of benzene rings is 3. The van der Waals surface area contributed by atoms with Crippen molar-refractivity contribution in [2.45, 2.75) is 18.1 Å². The molecule has 0 saturated carbocycles. The number of carbonyl (C=O) groups is 1. The standard InChI is InChI=1S/C25H24ClNO5/c1-31-23-12-15(10-11-21(23)26)24(29)22(28)13-27-25(30)32-14-20-18-8-4-2-6-16(18)17-7-3-5-9-19(17)20/h2-12,20,22,24,28-29H,13-14H2,1H3,(H,27,30). The van der Waals surface area contributed by atoms with E-state index in [1.807, 2.05) is 36.4 Å². The Hall–Kier alpha value is -3.06. The van der Waals surface area contributed by atoms with Gasteiger partial charge < -0.3 is 25.0 Å². The van der Waals surface area contributed by atoms with Crippen molar-refractivity contribution >= 4 is 17.7 Å². The SMILES string of the molecule is COc1cc(C(O)C(O)CNC(=O)OCC2c3ccccc3-c3ccccc32)ccc1Cl. The fourth-order valence-corrected chi connectivity index (χ4v) is 4.23. The lowest BCUT2D eigenvalue weighted by molar-refractivity contribution is 0.0184. The minimum absolute atomic E-state index is 0.0507. The van der Waals surface area contributed by atoms with Crippen LogP contribution in [0.2, 0.25) is 5.02 Å². The van der Waals surface area contributed by atoms with Crippen molar-refractivity contribution in [3.8, 4) is 16.9 Å². The molecule has 0 bridgehead atoms. The number of fused-ring (bicyclic) bond motifs is 3. The number of hydrogen-bond acceptors (Lipinski definition) is 5. The first-order chi connectivity index (χ1) is 15.5. The molecule has 166 valence electrons. The van der Waals surface area contributed by atoms with Gasteiger partial charge in [-0.1, -0.05) is 66.2 Å². The van der Waals surface area contributed by atoms with Gasteiger partial charge in [-0.25, -0.2) is 4.79 Å². The van der Waals surface area contributed by atoms with Gasteiger partial charge in [-0.3, -0.25) is 0 Å². The summed E-state index contributed by atoms with van der Waals surface area (Å²) in [5, 5.41) is 23.6. The van der Waals surface area contributed by atoms with Gasteiger partial charge in [-0.05, 0) is 39.9 Å². The normalized spacial score (nSPS) is 14.2. The molecule has 1 aliphatic rings. The van der Waals surface area contributed by atoms with E-state index in [4.69, 9.17) is 21.1 Å². The second kappa shape index (κ2) is 9.61. The first-order valence-electron chi connectivity index (χ1n) is 10.3. The summed E-state index contributed by atoms with van der Waals surface area (Å²) in [4.78, 5) is 12.3. The number of amides is 1. The minimum atomic E-state index is -1.23. The number of ether oxygens (including phenoxy) is 2. The van der Waals surface area contributed by atoms with Crippen LogP contribution in [0.5, 0.6) is 5.75 Å². The molecule has 0 aliphatic heterocycles. The monoisotopic (exact) mass is 453 g/mol. The molecule has 0 spiro atoms. The third kappa shape index (κ3) is 4.43. The summed E-state index contributed by atoms with van der Waals surface area (Å²) in [6.45, 7) is -0.00429. The van der Waals surface area contributed by atoms with E-state index in [9.17, 15) is 15.0 Å². The molecule has 32 heavy (non-hydrogen) atoms. The average Bonchev–Trinajstić information content (AvgIpc) is 3.14. The lowest BCUT2D eigenvalue weighted by Gasteiger charge is -2.20. The Morgan fingerprint density at radius 2 is 1.66 bits per heavy atom. The molecular weight excluding hydrogens is 430 g/mol. The van der Waals surface area contributed by atoms with Crippen molar-refractivity contribution in [1.82, 2.24) is 5.32 Å². The number of halogens is 1. The van der Waals surface area contributed by atoms with Gasteiger partial charge in [0, 0.05) is 12.5 Å². The lowest BCUT2D eigenvalue weighted by Crippen LogP contribution is -2.36. The Morgan fingerprint density at radius 3 is 2.28 bits per heavy atom. The number of hydrogen-bond donors (Lipinski definition) is 3. The summed E-state index contributed by atoms with van der Waals surface area (Å²) in [6.07, 6.45) is -3.12. The van der Waals surface area contributed by atoms with Gasteiger partial charge in [0.05, 0.1) is 12.1 Å². The van der Waals surface area contributed by atoms with Crippen molar-refractivity contribution < 1.29 is 24.5 Å². The van der Waals surface area contributed by atoms with Crippen LogP contribution in [0.15, 0.2) is 66.7 Å². The maximum Gasteiger partial charge on any atom is 0.407 e. The fourth-order valence-electron chi connectivity index (χ4n) is 4.03. The molecule has 0 heterocycles. The Balaban J connectivity index is 1.34. The molecule has 3 aromatic carbocycles. The van der Waals surface area contributed by atoms with Crippen LogP contribution in [-0.2, 0) is 4.74 Å². The molecule has 3 N–H and O–H groups in total. The van der Waals surface area contributed by atoms with Crippen LogP contribution in [0.3, 0.4) is 0 Å². The summed E-state index contributed by atoms with van der Waals surface area (Å²) >= 11 is 5.99. The highest BCUT2D eigenvalue weighted by Crippen LogP contribution is 2.44. The molecule has 2 atom stereocenters. The van der Waals surface area contributed by atoms with Crippen LogP contribution in [0, 0.1) is 0 Å². The highest BCUT2D eigenvalue weighted by atomic mass is 35.5. The van der Waals surface area contributed by atoms with Gasteiger partial charge >= 0.3 is 6.09 Å². The lowest BCUT2D eigenvalue weighted by atomic mass is 9.98. The molecule has 7 heteroatoms. The molecular formula is C25H24ClNO5. The zero-order valence-electron chi connectivity index (χ0n) is 17.5. The van der Waals surface area contributed by atoms with Crippen molar-refractivity contribution in [1.29, 1.82) is 0 Å². The third-order valence-electron chi connectivity index (χ3n) is 5.68. The van der Waals surface area contributed by atoms with Gasteiger partial charge in [0.2, 0.25) is 0 Å². The van der Waals surface area contributed by atoms with E-state index in [1.54, 1.807) is 18.2 Å². The Morgan fingerprint density at radius 1 is 1.03 bits per heavy atom. The number of nitrogens with one attached hydrogen (secondary N) is 1. The molecule has 2 unspecified atom stereocenters. The Bertz CT molecular complexity index is 1070. The van der Waals surface area contributed by atoms with Gasteiger partial charge in [-0.2, -0.15) is 0 Å². The number of aliphatic hydroxyl groups excluding tert-OH is 2. The van der Waals surface area contributed by atoms with E-state index in [-0.39, 0.29) is 19.1 Å². The number of alkyl carbamates (subject to hydrolysis) is 1. The predicted molar refractivity (Wildman–Crippen MR) is 122 cm³/mol. The van der Waals surface area contributed by atoms with Crippen LogP contribution < -0.4 is 10.1 Å². The van der Waals surface area contributed by atoms with E-state index in [0.29, 0.717) is 16.3 Å². The second-order valence-corrected chi connectivity index (χ2v) is 8.02. The van der Waals surface area contributed by atoms with Gasteiger partial charge in [0.15, 0.2) is 0 Å². The average molecular weight is 454 g/mol. The van der Waals surface area contributed by atoms with E-state index in [2.05, 4.69) is 17.4 Å². The van der Waals surface area contributed by atoms with Crippen molar-refractivity contribution in [3.63, 3.8) is 0 Å². The van der Waals surface area contributed by atoms with Gasteiger partial charge in [0.25, 0.3) is 0 Å². The highest BCUT2D eigenvalue weighted by Gasteiger charge is 2.29. The molecule has 4 rings (SSSR count). The van der Waals surface area contributed by atoms with Crippen LogP contribution in [0.4, 0.5) is 4.79 Å². The summed E-state index contributed by atoms with van der Waals surface area (Å²) in [5.74, 6) is 0.338. The fraction of sp³-hybridized carbons (Fsp3) is 0.240. The largest absolute Gasteiger partial charge is 0.495 e. The Labute approximate surface area is 191 Å². The number of methoxy groups -OCH3 is 1. The van der Waals surface area contributed by atoms with Crippen LogP contribution in [-0.4, -0.2) is 42.7 Å². The molecule has 0 saturated heterocycles. The van der Waals surface area contributed by atoms with E-state index < -0.39 is 18.3 Å². The molecule has 0 aromatic heterocycles. The summed E-state index contributed by atoms with van der Waals surface area (Å²) in [6, 6.07) is 20.9. The van der Waals surface area contributed by atoms with Crippen molar-refractivity contribution in [2.75, 3.05) is 20.3 Å². The van der Waals surface area contributed by atoms with Crippen molar-refractivity contribution in [3.05, 3.63) is 88.4 Å². The van der Waals surface area contributed by atoms with E-state index >= 15 is 0 Å². The highest BCUT2D eigenvalue weighted by molar-refractivity contribution is 6.32. The molecule has 1 amide bonds. The first kappa shape index (κ1) is 22.1. The number of rotatable bonds is 7. The maximum absolute atomic E-state index is 12.3. The summed E-state index contributed by atoms with van der Waals surface area (Å²) in [5.41, 5.74) is 4.96. The Kier molecular flexibility index (Phi) is 6.65. The number of carbonyl (C=O) groups excluding carboxylic acids is 1. The quantitative estimate of drug-likeness (QED) is 0.497. The smallest absolute Gasteiger partial charge is 0.407 e. The number of aliphatic hydroxyl groups is 2. The van der Waals surface area contributed by atoms with Gasteiger partial charge in [0.1, 0.15) is 24.6 Å². The summed E-state index contributed by atoms with van der Waals surface area (Å²) < 4.78 is 10.6. The topological polar surface area (TPSA) is 88.0 Å². The zero-order chi connectivity index (χ0) is 22.7. The molecule has 1 aliphatic carbocycles. The molecule has 0 radical (unpaired) electrons. The second-order valence-electron chi connectivity index (χ2n) is 7.61. The summed E-state index contributed by atoms with van der Waals surface area (Å²) in [7, 11) is 1.46. The third-order valence-corrected chi connectivity index (χ3v) is 5.99. The van der Waals surface area contributed by atoms with Gasteiger partial charge in [-0.15, -0.1) is 0 Å². The van der Waals surface area contributed by atoms with Crippen molar-refractivity contribution in [2.24, 2.45) is 0 Å². The van der Waals surface area contributed by atoms with Crippen LogP contribution in [0.1, 0.15) is 28.7 Å². The van der Waals surface area contributed by atoms with Crippen LogP contribution in [0.25, 0.3) is 11.1 Å².